The van der Waals surface area contributed by atoms with Crippen molar-refractivity contribution in [2.45, 2.75) is 18.0 Å². The van der Waals surface area contributed by atoms with Crippen LogP contribution in [-0.4, -0.2) is 37.9 Å². The number of fused-ring (bicyclic) bond motifs is 1. The van der Waals surface area contributed by atoms with E-state index in [1.165, 1.54) is 44.7 Å². The van der Waals surface area contributed by atoms with Gasteiger partial charge in [0.05, 0.1) is 37.5 Å². The second-order valence-electron chi connectivity index (χ2n) is 7.45. The molecular formula is C24H22N2O7S. The van der Waals surface area contributed by atoms with Crippen LogP contribution in [0.5, 0.6) is 5.75 Å². The van der Waals surface area contributed by atoms with Crippen molar-refractivity contribution in [3.63, 3.8) is 0 Å². The molecule has 34 heavy (non-hydrogen) atoms. The highest BCUT2D eigenvalue weighted by atomic mass is 32.2. The predicted molar refractivity (Wildman–Crippen MR) is 124 cm³/mol. The number of hydrogen-bond donors (Lipinski definition) is 1. The number of methoxy groups -OCH3 is 2. The number of aromatic nitrogens is 1. The summed E-state index contributed by atoms with van der Waals surface area (Å²) in [6, 6.07) is 15.5. The number of benzene rings is 2. The molecule has 0 aliphatic rings. The summed E-state index contributed by atoms with van der Waals surface area (Å²) in [4.78, 5) is 27.2. The van der Waals surface area contributed by atoms with Gasteiger partial charge in [-0.05, 0) is 60.7 Å². The Morgan fingerprint density at radius 1 is 1.03 bits per heavy atom. The maximum absolute atomic E-state index is 13.5. The molecule has 4 rings (SSSR count). The first-order chi connectivity index (χ1) is 16.3. The van der Waals surface area contributed by atoms with Gasteiger partial charge in [-0.15, -0.1) is 0 Å². The molecule has 2 heterocycles. The predicted octanol–water partition coefficient (Wildman–Crippen LogP) is 3.31. The van der Waals surface area contributed by atoms with E-state index in [0.29, 0.717) is 22.4 Å². The number of nitrogens with zero attached hydrogens (tertiary/aromatic N) is 1. The summed E-state index contributed by atoms with van der Waals surface area (Å²) in [5.74, 6) is 0.444. The maximum Gasteiger partial charge on any atom is 0.337 e. The Labute approximate surface area is 195 Å². The first kappa shape index (κ1) is 23.3. The summed E-state index contributed by atoms with van der Waals surface area (Å²) in [6.45, 7) is -0.298. The minimum absolute atomic E-state index is 0.0365. The summed E-state index contributed by atoms with van der Waals surface area (Å²) in [6.07, 6.45) is 1.44. The molecule has 9 nitrogen and oxygen atoms in total. The van der Waals surface area contributed by atoms with Gasteiger partial charge in [0.1, 0.15) is 11.5 Å². The summed E-state index contributed by atoms with van der Waals surface area (Å²) in [7, 11) is -1.28. The number of carbonyl (C=O) groups is 1. The summed E-state index contributed by atoms with van der Waals surface area (Å²) in [5.41, 5.74) is 0.674. The van der Waals surface area contributed by atoms with Crippen molar-refractivity contribution in [1.82, 2.24) is 9.29 Å². The van der Waals surface area contributed by atoms with Gasteiger partial charge in [0.2, 0.25) is 10.0 Å². The maximum atomic E-state index is 13.5. The van der Waals surface area contributed by atoms with Gasteiger partial charge in [-0.3, -0.25) is 4.79 Å². The van der Waals surface area contributed by atoms with Crippen molar-refractivity contribution in [3.8, 4) is 5.75 Å². The Morgan fingerprint density at radius 3 is 2.44 bits per heavy atom. The lowest BCUT2D eigenvalue weighted by molar-refractivity contribution is 0.0600. The number of hydrogen-bond acceptors (Lipinski definition) is 7. The van der Waals surface area contributed by atoms with Crippen molar-refractivity contribution < 1.29 is 27.1 Å². The van der Waals surface area contributed by atoms with Gasteiger partial charge in [-0.1, -0.05) is 0 Å². The summed E-state index contributed by atoms with van der Waals surface area (Å²) < 4.78 is 43.5. The fourth-order valence-electron chi connectivity index (χ4n) is 3.50. The first-order valence-electron chi connectivity index (χ1n) is 10.2. The van der Waals surface area contributed by atoms with Gasteiger partial charge in [0.15, 0.2) is 0 Å². The van der Waals surface area contributed by atoms with Crippen LogP contribution in [0.4, 0.5) is 0 Å². The van der Waals surface area contributed by atoms with E-state index in [2.05, 4.69) is 9.72 Å². The van der Waals surface area contributed by atoms with Gasteiger partial charge < -0.3 is 18.9 Å². The second kappa shape index (κ2) is 9.54. The molecule has 0 bridgehead atoms. The van der Waals surface area contributed by atoms with Crippen molar-refractivity contribution in [3.05, 3.63) is 94.2 Å². The molecule has 0 saturated carbocycles. The number of H-pyrrole nitrogens is 1. The van der Waals surface area contributed by atoms with Gasteiger partial charge >= 0.3 is 5.97 Å². The van der Waals surface area contributed by atoms with Gasteiger partial charge in [0, 0.05) is 23.0 Å². The van der Waals surface area contributed by atoms with E-state index in [0.717, 1.165) is 4.31 Å². The third-order valence-electron chi connectivity index (χ3n) is 5.30. The van der Waals surface area contributed by atoms with Crippen LogP contribution >= 0.6 is 0 Å². The molecule has 0 aliphatic carbocycles. The van der Waals surface area contributed by atoms with Crippen molar-refractivity contribution >= 4 is 26.9 Å². The van der Waals surface area contributed by atoms with E-state index in [-0.39, 0.29) is 29.1 Å². The number of ether oxygens (including phenoxy) is 2. The smallest absolute Gasteiger partial charge is 0.337 e. The Kier molecular flexibility index (Phi) is 6.53. The number of carbonyl (C=O) groups excluding carboxylic acids is 1. The third-order valence-corrected chi connectivity index (χ3v) is 7.11. The van der Waals surface area contributed by atoms with Crippen LogP contribution in [0.2, 0.25) is 0 Å². The van der Waals surface area contributed by atoms with Crippen LogP contribution in [0, 0.1) is 0 Å². The first-order valence-corrected chi connectivity index (χ1v) is 11.7. The average molecular weight is 483 g/mol. The zero-order valence-corrected chi connectivity index (χ0v) is 19.3. The number of nitrogens with one attached hydrogen (secondary N) is 1. The normalized spacial score (nSPS) is 11.6. The zero-order valence-electron chi connectivity index (χ0n) is 18.5. The lowest BCUT2D eigenvalue weighted by Crippen LogP contribution is -2.32. The molecule has 0 atom stereocenters. The van der Waals surface area contributed by atoms with Crippen LogP contribution in [-0.2, 0) is 27.8 Å². The van der Waals surface area contributed by atoms with Crippen LogP contribution in [0.15, 0.2) is 81.0 Å². The standard InChI is InChI=1S/C24H22N2O7S/c1-31-19-7-10-22-17(13-19)12-18(23(27)25-22)14-26(15-20-4-3-11-33-20)34(29,30)21-8-5-16(6-9-21)24(28)32-2/h3-13H,14-15H2,1-2H3,(H,25,27). The highest BCUT2D eigenvalue weighted by molar-refractivity contribution is 7.89. The summed E-state index contributed by atoms with van der Waals surface area (Å²) >= 11 is 0. The fourth-order valence-corrected chi connectivity index (χ4v) is 4.88. The van der Waals surface area contributed by atoms with Crippen molar-refractivity contribution in [2.24, 2.45) is 0 Å². The molecule has 10 heteroatoms. The molecule has 4 aromatic rings. The van der Waals surface area contributed by atoms with E-state index in [4.69, 9.17) is 9.15 Å². The number of aromatic amines is 1. The molecule has 0 spiro atoms. The van der Waals surface area contributed by atoms with Crippen LogP contribution in [0.25, 0.3) is 10.9 Å². The second-order valence-corrected chi connectivity index (χ2v) is 9.38. The van der Waals surface area contributed by atoms with E-state index < -0.39 is 21.6 Å². The summed E-state index contributed by atoms with van der Waals surface area (Å²) in [5, 5.41) is 0.701. The van der Waals surface area contributed by atoms with Crippen LogP contribution in [0.3, 0.4) is 0 Å². The van der Waals surface area contributed by atoms with E-state index in [9.17, 15) is 18.0 Å². The molecule has 0 aliphatic heterocycles. The number of pyridine rings is 1. The molecule has 1 N–H and O–H groups in total. The molecule has 176 valence electrons. The number of sulfonamides is 1. The topological polar surface area (TPSA) is 119 Å². The number of esters is 1. The highest BCUT2D eigenvalue weighted by Gasteiger charge is 2.27. The van der Waals surface area contributed by atoms with Crippen molar-refractivity contribution in [2.75, 3.05) is 14.2 Å². The molecule has 0 saturated heterocycles. The quantitative estimate of drug-likeness (QED) is 0.383. The molecule has 0 fully saturated rings. The zero-order chi connectivity index (χ0) is 24.3. The Bertz CT molecular complexity index is 1470. The van der Waals surface area contributed by atoms with Crippen molar-refractivity contribution in [1.29, 1.82) is 0 Å². The van der Waals surface area contributed by atoms with Gasteiger partial charge in [-0.2, -0.15) is 4.31 Å². The SMILES string of the molecule is COC(=O)c1ccc(S(=O)(=O)N(Cc2ccco2)Cc2cc3cc(OC)ccc3[nH]c2=O)cc1. The minimum atomic E-state index is -4.06. The Balaban J connectivity index is 1.74. The van der Waals surface area contributed by atoms with Crippen LogP contribution < -0.4 is 10.3 Å². The number of rotatable bonds is 8. The van der Waals surface area contributed by atoms with E-state index in [1.807, 2.05) is 0 Å². The Morgan fingerprint density at radius 2 is 1.79 bits per heavy atom. The lowest BCUT2D eigenvalue weighted by atomic mass is 10.1. The third kappa shape index (κ3) is 4.73. The van der Waals surface area contributed by atoms with Crippen LogP contribution in [0.1, 0.15) is 21.7 Å². The molecule has 0 radical (unpaired) electrons. The van der Waals surface area contributed by atoms with Gasteiger partial charge in [-0.25, -0.2) is 13.2 Å². The lowest BCUT2D eigenvalue weighted by Gasteiger charge is -2.21. The number of furan rings is 1. The van der Waals surface area contributed by atoms with E-state index in [1.54, 1.807) is 36.4 Å². The monoisotopic (exact) mass is 482 g/mol. The fraction of sp³-hybridized carbons (Fsp3) is 0.167. The molecular weight excluding hydrogens is 460 g/mol. The minimum Gasteiger partial charge on any atom is -0.497 e. The van der Waals surface area contributed by atoms with Gasteiger partial charge in [0.25, 0.3) is 5.56 Å². The van der Waals surface area contributed by atoms with E-state index >= 15 is 0 Å². The molecule has 2 aromatic carbocycles. The highest BCUT2D eigenvalue weighted by Crippen LogP contribution is 2.23. The molecule has 0 amide bonds. The molecule has 0 unspecified atom stereocenters. The Hall–Kier alpha value is -3.89. The molecule has 2 aromatic heterocycles. The average Bonchev–Trinajstić information content (AvgIpc) is 3.36. The largest absolute Gasteiger partial charge is 0.497 e.